The molecule has 0 bridgehead atoms. The van der Waals surface area contributed by atoms with Crippen LogP contribution in [0.3, 0.4) is 0 Å². The number of hydrogen-bond acceptors (Lipinski definition) is 4. The van der Waals surface area contributed by atoms with Crippen molar-refractivity contribution in [2.75, 3.05) is 11.1 Å². The molecule has 0 aliphatic heterocycles. The molecular formula is C14H17ClN4OS. The topological polar surface area (TPSA) is 59.8 Å². The molecule has 2 rings (SSSR count). The lowest BCUT2D eigenvalue weighted by Gasteiger charge is -2.08. The number of carbonyl (C=O) groups is 1. The molecule has 0 saturated carbocycles. The molecule has 2 aromatic rings. The maximum absolute atomic E-state index is 12.0. The largest absolute Gasteiger partial charge is 0.325 e. The Morgan fingerprint density at radius 2 is 2.19 bits per heavy atom. The van der Waals surface area contributed by atoms with Gasteiger partial charge in [-0.15, -0.1) is 10.2 Å². The lowest BCUT2D eigenvalue weighted by molar-refractivity contribution is -0.113. The summed E-state index contributed by atoms with van der Waals surface area (Å²) in [7, 11) is 1.90. The van der Waals surface area contributed by atoms with Crippen molar-refractivity contribution in [3.05, 3.63) is 34.6 Å². The molecule has 1 aromatic heterocycles. The van der Waals surface area contributed by atoms with Crippen LogP contribution in [0.1, 0.15) is 18.3 Å². The summed E-state index contributed by atoms with van der Waals surface area (Å²) >= 11 is 7.30. The van der Waals surface area contributed by atoms with Gasteiger partial charge in [0.2, 0.25) is 5.91 Å². The Labute approximate surface area is 133 Å². The molecule has 0 fully saturated rings. The minimum atomic E-state index is -0.0913. The normalized spacial score (nSPS) is 10.7. The molecule has 1 heterocycles. The molecule has 1 amide bonds. The Kier molecular flexibility index (Phi) is 5.25. The van der Waals surface area contributed by atoms with Gasteiger partial charge in [0.05, 0.1) is 5.75 Å². The van der Waals surface area contributed by atoms with Crippen molar-refractivity contribution in [2.24, 2.45) is 7.05 Å². The Hall–Kier alpha value is -1.53. The molecule has 1 aromatic carbocycles. The number of aromatic nitrogens is 3. The van der Waals surface area contributed by atoms with E-state index >= 15 is 0 Å². The zero-order chi connectivity index (χ0) is 15.4. The minimum Gasteiger partial charge on any atom is -0.325 e. The highest BCUT2D eigenvalue weighted by Crippen LogP contribution is 2.21. The van der Waals surface area contributed by atoms with Crippen LogP contribution in [0.2, 0.25) is 5.02 Å². The Morgan fingerprint density at radius 3 is 2.86 bits per heavy atom. The molecule has 0 aliphatic carbocycles. The number of rotatable bonds is 5. The van der Waals surface area contributed by atoms with Crippen LogP contribution in [0.4, 0.5) is 5.69 Å². The van der Waals surface area contributed by atoms with E-state index in [2.05, 4.69) is 15.5 Å². The first-order valence-corrected chi connectivity index (χ1v) is 7.94. The van der Waals surface area contributed by atoms with Crippen LogP contribution in [-0.4, -0.2) is 26.4 Å². The third-order valence-electron chi connectivity index (χ3n) is 3.05. The Balaban J connectivity index is 1.96. The number of anilines is 1. The summed E-state index contributed by atoms with van der Waals surface area (Å²) in [6.07, 6.45) is 0.817. The van der Waals surface area contributed by atoms with Crippen molar-refractivity contribution < 1.29 is 4.79 Å². The Morgan fingerprint density at radius 1 is 1.43 bits per heavy atom. The first-order valence-electron chi connectivity index (χ1n) is 6.58. The smallest absolute Gasteiger partial charge is 0.234 e. The van der Waals surface area contributed by atoms with Gasteiger partial charge in [0.1, 0.15) is 5.82 Å². The van der Waals surface area contributed by atoms with Crippen LogP contribution in [0.25, 0.3) is 0 Å². The van der Waals surface area contributed by atoms with Crippen LogP contribution in [-0.2, 0) is 18.3 Å². The van der Waals surface area contributed by atoms with E-state index in [4.69, 9.17) is 11.6 Å². The number of aryl methyl sites for hydroxylation is 2. The molecule has 7 heteroatoms. The van der Waals surface area contributed by atoms with E-state index < -0.39 is 0 Å². The van der Waals surface area contributed by atoms with E-state index in [1.54, 1.807) is 12.1 Å². The maximum Gasteiger partial charge on any atom is 0.234 e. The first kappa shape index (κ1) is 15.9. The van der Waals surface area contributed by atoms with Gasteiger partial charge >= 0.3 is 0 Å². The molecule has 0 atom stereocenters. The van der Waals surface area contributed by atoms with Crippen molar-refractivity contribution in [3.8, 4) is 0 Å². The van der Waals surface area contributed by atoms with Gasteiger partial charge < -0.3 is 9.88 Å². The number of thioether (sulfide) groups is 1. The van der Waals surface area contributed by atoms with Gasteiger partial charge in [-0.1, -0.05) is 36.4 Å². The number of carbonyl (C=O) groups excluding carboxylic acids is 1. The fourth-order valence-corrected chi connectivity index (χ4v) is 2.73. The van der Waals surface area contributed by atoms with Gasteiger partial charge in [0.15, 0.2) is 5.16 Å². The lowest BCUT2D eigenvalue weighted by atomic mass is 10.2. The third kappa shape index (κ3) is 3.98. The van der Waals surface area contributed by atoms with Crippen LogP contribution >= 0.6 is 23.4 Å². The SMILES string of the molecule is CCc1nnc(SCC(=O)Nc2cc(Cl)ccc2C)n1C. The summed E-state index contributed by atoms with van der Waals surface area (Å²) in [4.78, 5) is 12.0. The Bertz CT molecular complexity index is 656. The van der Waals surface area contributed by atoms with Crippen LogP contribution in [0, 0.1) is 6.92 Å². The minimum absolute atomic E-state index is 0.0913. The molecule has 0 saturated heterocycles. The number of hydrogen-bond donors (Lipinski definition) is 1. The standard InChI is InChI=1S/C14H17ClN4OS/c1-4-12-17-18-14(19(12)3)21-8-13(20)16-11-7-10(15)6-5-9(11)2/h5-7H,4,8H2,1-3H3,(H,16,20). The summed E-state index contributed by atoms with van der Waals surface area (Å²) < 4.78 is 1.91. The zero-order valence-electron chi connectivity index (χ0n) is 12.2. The summed E-state index contributed by atoms with van der Waals surface area (Å²) in [5.41, 5.74) is 1.71. The predicted molar refractivity (Wildman–Crippen MR) is 85.9 cm³/mol. The van der Waals surface area contributed by atoms with E-state index in [1.165, 1.54) is 11.8 Å². The molecule has 21 heavy (non-hydrogen) atoms. The second-order valence-electron chi connectivity index (χ2n) is 4.61. The zero-order valence-corrected chi connectivity index (χ0v) is 13.8. The van der Waals surface area contributed by atoms with Gasteiger partial charge in [-0.3, -0.25) is 4.79 Å². The number of amides is 1. The average molecular weight is 325 g/mol. The summed E-state index contributed by atoms with van der Waals surface area (Å²) in [6.45, 7) is 3.95. The average Bonchev–Trinajstić information content (AvgIpc) is 2.81. The molecule has 0 spiro atoms. The third-order valence-corrected chi connectivity index (χ3v) is 4.30. The fraction of sp³-hybridized carbons (Fsp3) is 0.357. The lowest BCUT2D eigenvalue weighted by Crippen LogP contribution is -2.15. The number of nitrogens with zero attached hydrogens (tertiary/aromatic N) is 3. The van der Waals surface area contributed by atoms with E-state index in [-0.39, 0.29) is 11.7 Å². The van der Waals surface area contributed by atoms with E-state index in [9.17, 15) is 4.79 Å². The molecule has 0 aliphatic rings. The van der Waals surface area contributed by atoms with Crippen LogP contribution in [0.5, 0.6) is 0 Å². The second kappa shape index (κ2) is 6.95. The molecular weight excluding hydrogens is 308 g/mol. The monoisotopic (exact) mass is 324 g/mol. The van der Waals surface area contributed by atoms with Crippen molar-refractivity contribution in [2.45, 2.75) is 25.4 Å². The highest BCUT2D eigenvalue weighted by molar-refractivity contribution is 7.99. The summed E-state index contributed by atoms with van der Waals surface area (Å²) in [6, 6.07) is 5.42. The van der Waals surface area contributed by atoms with Crippen molar-refractivity contribution in [1.82, 2.24) is 14.8 Å². The van der Waals surface area contributed by atoms with Gasteiger partial charge in [0.25, 0.3) is 0 Å². The second-order valence-corrected chi connectivity index (χ2v) is 5.99. The number of halogens is 1. The van der Waals surface area contributed by atoms with Crippen molar-refractivity contribution in [1.29, 1.82) is 0 Å². The molecule has 0 radical (unpaired) electrons. The quantitative estimate of drug-likeness (QED) is 0.859. The molecule has 5 nitrogen and oxygen atoms in total. The van der Waals surface area contributed by atoms with Crippen molar-refractivity contribution in [3.63, 3.8) is 0 Å². The maximum atomic E-state index is 12.0. The van der Waals surface area contributed by atoms with Gasteiger partial charge in [-0.05, 0) is 24.6 Å². The van der Waals surface area contributed by atoms with E-state index in [1.807, 2.05) is 31.5 Å². The molecule has 0 unspecified atom stereocenters. The highest BCUT2D eigenvalue weighted by Gasteiger charge is 2.11. The molecule has 112 valence electrons. The summed E-state index contributed by atoms with van der Waals surface area (Å²) in [5.74, 6) is 1.09. The summed E-state index contributed by atoms with van der Waals surface area (Å²) in [5, 5.41) is 12.3. The van der Waals surface area contributed by atoms with Gasteiger partial charge in [0, 0.05) is 24.2 Å². The highest BCUT2D eigenvalue weighted by atomic mass is 35.5. The van der Waals surface area contributed by atoms with E-state index in [0.29, 0.717) is 5.02 Å². The van der Waals surface area contributed by atoms with Gasteiger partial charge in [-0.25, -0.2) is 0 Å². The predicted octanol–water partition coefficient (Wildman–Crippen LogP) is 3.07. The fourth-order valence-electron chi connectivity index (χ4n) is 1.82. The number of benzene rings is 1. The van der Waals surface area contributed by atoms with Crippen LogP contribution in [0.15, 0.2) is 23.4 Å². The van der Waals surface area contributed by atoms with E-state index in [0.717, 1.165) is 28.7 Å². The van der Waals surface area contributed by atoms with Gasteiger partial charge in [-0.2, -0.15) is 0 Å². The molecule has 1 N–H and O–H groups in total. The van der Waals surface area contributed by atoms with Crippen LogP contribution < -0.4 is 5.32 Å². The van der Waals surface area contributed by atoms with Crippen molar-refractivity contribution >= 4 is 35.0 Å². The first-order chi connectivity index (χ1) is 10.0. The number of nitrogens with one attached hydrogen (secondary N) is 1.